The van der Waals surface area contributed by atoms with E-state index in [2.05, 4.69) is 20.6 Å². The summed E-state index contributed by atoms with van der Waals surface area (Å²) in [4.78, 5) is 20.6. The molecule has 3 aromatic rings. The third-order valence-electron chi connectivity index (χ3n) is 3.83. The number of rotatable bonds is 6. The van der Waals surface area contributed by atoms with Gasteiger partial charge in [-0.05, 0) is 29.8 Å². The predicted molar refractivity (Wildman–Crippen MR) is 101 cm³/mol. The van der Waals surface area contributed by atoms with Crippen LogP contribution in [0, 0.1) is 11.3 Å². The van der Waals surface area contributed by atoms with E-state index in [-0.39, 0.29) is 5.69 Å². The smallest absolute Gasteiger partial charge is 0.274 e. The molecule has 0 radical (unpaired) electrons. The van der Waals surface area contributed by atoms with E-state index in [4.69, 9.17) is 10.00 Å². The number of ether oxygens (including phenoxy) is 1. The number of benzene rings is 2. The summed E-state index contributed by atoms with van der Waals surface area (Å²) in [6.45, 7) is 0.541. The van der Waals surface area contributed by atoms with Crippen LogP contribution in [0.3, 0.4) is 0 Å². The van der Waals surface area contributed by atoms with E-state index in [0.717, 1.165) is 11.3 Å². The van der Waals surface area contributed by atoms with Crippen molar-refractivity contribution < 1.29 is 9.53 Å². The molecule has 0 aliphatic rings. The Labute approximate surface area is 156 Å². The molecule has 2 aromatic carbocycles. The molecule has 0 aliphatic carbocycles. The monoisotopic (exact) mass is 359 g/mol. The number of hydrogen-bond donors (Lipinski definition) is 2. The predicted octanol–water partition coefficient (Wildman–Crippen LogP) is 3.22. The highest BCUT2D eigenvalue weighted by Gasteiger charge is 2.11. The van der Waals surface area contributed by atoms with Gasteiger partial charge in [-0.2, -0.15) is 5.26 Å². The summed E-state index contributed by atoms with van der Waals surface area (Å²) in [5, 5.41) is 15.0. The summed E-state index contributed by atoms with van der Waals surface area (Å²) in [7, 11) is 1.62. The molecule has 0 spiro atoms. The largest absolute Gasteiger partial charge is 0.497 e. The lowest BCUT2D eigenvalue weighted by Gasteiger charge is -2.09. The van der Waals surface area contributed by atoms with Gasteiger partial charge in [0.05, 0.1) is 18.4 Å². The van der Waals surface area contributed by atoms with Gasteiger partial charge in [0, 0.05) is 12.6 Å². The first-order chi connectivity index (χ1) is 13.2. The van der Waals surface area contributed by atoms with Crippen LogP contribution in [0.1, 0.15) is 21.6 Å². The van der Waals surface area contributed by atoms with Crippen molar-refractivity contribution >= 4 is 17.4 Å². The molecule has 0 saturated carbocycles. The quantitative estimate of drug-likeness (QED) is 0.701. The van der Waals surface area contributed by atoms with E-state index in [0.29, 0.717) is 23.6 Å². The standard InChI is InChI=1S/C20H17N5O2/c1-27-16-8-6-14(7-9-16)12-22-19-10-18(23-13-24-19)20(26)25-17-5-3-2-4-15(17)11-21/h2-10,13H,12H2,1H3,(H,25,26)(H,22,23,24). The summed E-state index contributed by atoms with van der Waals surface area (Å²) in [6, 6.07) is 18.0. The highest BCUT2D eigenvalue weighted by Crippen LogP contribution is 2.16. The lowest BCUT2D eigenvalue weighted by Crippen LogP contribution is -2.15. The van der Waals surface area contributed by atoms with Gasteiger partial charge in [-0.1, -0.05) is 24.3 Å². The van der Waals surface area contributed by atoms with Gasteiger partial charge in [-0.3, -0.25) is 4.79 Å². The number of carbonyl (C=O) groups is 1. The van der Waals surface area contributed by atoms with Crippen LogP contribution in [0.15, 0.2) is 60.9 Å². The number of carbonyl (C=O) groups excluding carboxylic acids is 1. The molecule has 2 N–H and O–H groups in total. The number of nitrogens with one attached hydrogen (secondary N) is 2. The molecule has 7 nitrogen and oxygen atoms in total. The summed E-state index contributed by atoms with van der Waals surface area (Å²) < 4.78 is 5.13. The molecule has 27 heavy (non-hydrogen) atoms. The topological polar surface area (TPSA) is 99.9 Å². The highest BCUT2D eigenvalue weighted by molar-refractivity contribution is 6.03. The van der Waals surface area contributed by atoms with E-state index in [1.54, 1.807) is 37.4 Å². The van der Waals surface area contributed by atoms with Crippen molar-refractivity contribution in [1.29, 1.82) is 5.26 Å². The first kappa shape index (κ1) is 17.9. The first-order valence-electron chi connectivity index (χ1n) is 8.19. The fourth-order valence-corrected chi connectivity index (χ4v) is 2.39. The molecule has 1 amide bonds. The Hall–Kier alpha value is -3.92. The number of aromatic nitrogens is 2. The van der Waals surface area contributed by atoms with E-state index in [1.807, 2.05) is 30.3 Å². The van der Waals surface area contributed by atoms with Gasteiger partial charge >= 0.3 is 0 Å². The molecule has 134 valence electrons. The summed E-state index contributed by atoms with van der Waals surface area (Å²) in [6.07, 6.45) is 1.32. The molecule has 7 heteroatoms. The van der Waals surface area contributed by atoms with Gasteiger partial charge in [0.25, 0.3) is 5.91 Å². The lowest BCUT2D eigenvalue weighted by atomic mass is 10.2. The maximum absolute atomic E-state index is 12.4. The van der Waals surface area contributed by atoms with Gasteiger partial charge in [-0.25, -0.2) is 9.97 Å². The lowest BCUT2D eigenvalue weighted by molar-refractivity contribution is 0.102. The highest BCUT2D eigenvalue weighted by atomic mass is 16.5. The Morgan fingerprint density at radius 1 is 1.15 bits per heavy atom. The zero-order chi connectivity index (χ0) is 19.1. The Bertz CT molecular complexity index is 980. The maximum Gasteiger partial charge on any atom is 0.274 e. The van der Waals surface area contributed by atoms with Gasteiger partial charge in [-0.15, -0.1) is 0 Å². The van der Waals surface area contributed by atoms with E-state index >= 15 is 0 Å². The average Bonchev–Trinajstić information content (AvgIpc) is 2.73. The number of amides is 1. The van der Waals surface area contributed by atoms with Crippen LogP contribution in [-0.2, 0) is 6.54 Å². The summed E-state index contributed by atoms with van der Waals surface area (Å²) in [5.74, 6) is 0.907. The van der Waals surface area contributed by atoms with Crippen molar-refractivity contribution in [1.82, 2.24) is 9.97 Å². The number of methoxy groups -OCH3 is 1. The minimum absolute atomic E-state index is 0.204. The zero-order valence-corrected chi connectivity index (χ0v) is 14.6. The average molecular weight is 359 g/mol. The number of para-hydroxylation sites is 1. The van der Waals surface area contributed by atoms with Crippen molar-refractivity contribution in [2.75, 3.05) is 17.7 Å². The zero-order valence-electron chi connectivity index (χ0n) is 14.6. The Kier molecular flexibility index (Phi) is 5.60. The minimum Gasteiger partial charge on any atom is -0.497 e. The number of nitriles is 1. The molecule has 1 aromatic heterocycles. The van der Waals surface area contributed by atoms with Gasteiger partial charge in [0.1, 0.15) is 29.7 Å². The maximum atomic E-state index is 12.4. The molecule has 0 atom stereocenters. The van der Waals surface area contributed by atoms with Gasteiger partial charge in [0.15, 0.2) is 0 Å². The van der Waals surface area contributed by atoms with Crippen LogP contribution < -0.4 is 15.4 Å². The normalized spacial score (nSPS) is 9.93. The van der Waals surface area contributed by atoms with Gasteiger partial charge < -0.3 is 15.4 Å². The van der Waals surface area contributed by atoms with Crippen molar-refractivity contribution in [2.24, 2.45) is 0 Å². The van der Waals surface area contributed by atoms with Crippen molar-refractivity contribution in [3.05, 3.63) is 77.7 Å². The number of anilines is 2. The molecule has 0 saturated heterocycles. The first-order valence-corrected chi connectivity index (χ1v) is 8.19. The summed E-state index contributed by atoms with van der Waals surface area (Å²) >= 11 is 0. The van der Waals surface area contributed by atoms with Crippen molar-refractivity contribution in [3.8, 4) is 11.8 Å². The molecule has 0 aliphatic heterocycles. The molecule has 1 heterocycles. The fraction of sp³-hybridized carbons (Fsp3) is 0.100. The Morgan fingerprint density at radius 2 is 1.93 bits per heavy atom. The fourth-order valence-electron chi connectivity index (χ4n) is 2.39. The van der Waals surface area contributed by atoms with E-state index < -0.39 is 5.91 Å². The SMILES string of the molecule is COc1ccc(CNc2cc(C(=O)Nc3ccccc3C#N)ncn2)cc1. The number of nitrogens with zero attached hydrogens (tertiary/aromatic N) is 3. The molecular weight excluding hydrogens is 342 g/mol. The second-order valence-corrected chi connectivity index (χ2v) is 5.60. The Balaban J connectivity index is 1.67. The van der Waals surface area contributed by atoms with Crippen molar-refractivity contribution in [3.63, 3.8) is 0 Å². The van der Waals surface area contributed by atoms with Crippen LogP contribution in [0.4, 0.5) is 11.5 Å². The molecular formula is C20H17N5O2. The van der Waals surface area contributed by atoms with Crippen molar-refractivity contribution in [2.45, 2.75) is 6.54 Å². The second kappa shape index (κ2) is 8.45. The molecule has 0 unspecified atom stereocenters. The molecule has 0 fully saturated rings. The van der Waals surface area contributed by atoms with Crippen LogP contribution >= 0.6 is 0 Å². The minimum atomic E-state index is -0.410. The van der Waals surface area contributed by atoms with Crippen LogP contribution in [0.2, 0.25) is 0 Å². The molecule has 0 bridgehead atoms. The Morgan fingerprint density at radius 3 is 2.67 bits per heavy atom. The van der Waals surface area contributed by atoms with Crippen LogP contribution in [0.5, 0.6) is 5.75 Å². The third-order valence-corrected chi connectivity index (χ3v) is 3.83. The molecule has 3 rings (SSSR count). The number of hydrogen-bond acceptors (Lipinski definition) is 6. The van der Waals surface area contributed by atoms with Crippen LogP contribution in [-0.4, -0.2) is 23.0 Å². The second-order valence-electron chi connectivity index (χ2n) is 5.60. The summed E-state index contributed by atoms with van der Waals surface area (Å²) in [5.41, 5.74) is 2.08. The van der Waals surface area contributed by atoms with E-state index in [1.165, 1.54) is 6.33 Å². The van der Waals surface area contributed by atoms with Crippen LogP contribution in [0.25, 0.3) is 0 Å². The van der Waals surface area contributed by atoms with Gasteiger partial charge in [0.2, 0.25) is 0 Å². The van der Waals surface area contributed by atoms with E-state index in [9.17, 15) is 4.79 Å². The third kappa shape index (κ3) is 4.58.